The number of anilines is 2. The maximum absolute atomic E-state index is 11.7. The first-order chi connectivity index (χ1) is 9.99. The van der Waals surface area contributed by atoms with Crippen LogP contribution in [-0.2, 0) is 14.3 Å². The average molecular weight is 315 g/mol. The number of hydrogen-bond acceptors (Lipinski definition) is 4. The monoisotopic (exact) mass is 314 g/mol. The molecule has 1 rings (SSSR count). The summed E-state index contributed by atoms with van der Waals surface area (Å²) in [5.41, 5.74) is 6.75. The summed E-state index contributed by atoms with van der Waals surface area (Å²) in [5, 5.41) is 3.23. The number of carbonyl (C=O) groups is 1. The van der Waals surface area contributed by atoms with Crippen LogP contribution in [0.3, 0.4) is 0 Å². The highest BCUT2D eigenvalue weighted by atomic mass is 35.5. The van der Waals surface area contributed by atoms with Gasteiger partial charge in [-0.2, -0.15) is 0 Å². The van der Waals surface area contributed by atoms with Crippen molar-refractivity contribution in [2.75, 3.05) is 37.5 Å². The zero-order valence-electron chi connectivity index (χ0n) is 12.5. The smallest absolute Gasteiger partial charge is 0.226 e. The summed E-state index contributed by atoms with van der Waals surface area (Å²) in [5.74, 6) is 0.353. The van der Waals surface area contributed by atoms with Crippen molar-refractivity contribution in [2.45, 2.75) is 20.3 Å². The van der Waals surface area contributed by atoms with E-state index in [1.165, 1.54) is 0 Å². The minimum atomic E-state index is -0.160. The van der Waals surface area contributed by atoms with Gasteiger partial charge in [0.25, 0.3) is 0 Å². The van der Waals surface area contributed by atoms with Crippen molar-refractivity contribution in [3.63, 3.8) is 0 Å². The molecule has 5 nitrogen and oxygen atoms in total. The fourth-order valence-corrected chi connectivity index (χ4v) is 1.73. The Hall–Kier alpha value is -1.30. The van der Waals surface area contributed by atoms with Gasteiger partial charge in [-0.25, -0.2) is 0 Å². The van der Waals surface area contributed by atoms with Gasteiger partial charge in [-0.3, -0.25) is 4.79 Å². The number of amides is 1. The molecule has 118 valence electrons. The lowest BCUT2D eigenvalue weighted by Gasteiger charge is -2.09. The molecular weight excluding hydrogens is 292 g/mol. The molecule has 0 aliphatic carbocycles. The van der Waals surface area contributed by atoms with E-state index in [-0.39, 0.29) is 12.3 Å². The van der Waals surface area contributed by atoms with Gasteiger partial charge in [0.2, 0.25) is 5.91 Å². The quantitative estimate of drug-likeness (QED) is 0.543. The predicted octanol–water partition coefficient (Wildman–Crippen LogP) is 2.94. The first kappa shape index (κ1) is 17.8. The third-order valence-electron chi connectivity index (χ3n) is 2.59. The van der Waals surface area contributed by atoms with Crippen LogP contribution in [0.5, 0.6) is 0 Å². The van der Waals surface area contributed by atoms with Crippen LogP contribution in [-0.4, -0.2) is 32.3 Å². The van der Waals surface area contributed by atoms with Gasteiger partial charge < -0.3 is 20.5 Å². The minimum absolute atomic E-state index is 0.160. The van der Waals surface area contributed by atoms with Crippen LogP contribution in [0.1, 0.15) is 20.3 Å². The minimum Gasteiger partial charge on any atom is -0.397 e. The van der Waals surface area contributed by atoms with E-state index in [0.717, 1.165) is 6.61 Å². The van der Waals surface area contributed by atoms with Gasteiger partial charge in [0.05, 0.1) is 37.6 Å². The number of nitrogens with two attached hydrogens (primary N) is 1. The zero-order chi connectivity index (χ0) is 15.7. The number of carbonyl (C=O) groups excluding carboxylic acids is 1. The van der Waals surface area contributed by atoms with E-state index in [1.807, 2.05) is 0 Å². The molecule has 0 unspecified atom stereocenters. The highest BCUT2D eigenvalue weighted by Crippen LogP contribution is 2.22. The highest BCUT2D eigenvalue weighted by molar-refractivity contribution is 6.31. The molecule has 0 aromatic heterocycles. The van der Waals surface area contributed by atoms with Crippen LogP contribution >= 0.6 is 11.6 Å². The van der Waals surface area contributed by atoms with E-state index >= 15 is 0 Å². The Labute approximate surface area is 130 Å². The molecule has 1 aromatic carbocycles. The van der Waals surface area contributed by atoms with Gasteiger partial charge in [0.15, 0.2) is 0 Å². The van der Waals surface area contributed by atoms with Crippen LogP contribution in [0.15, 0.2) is 18.2 Å². The predicted molar refractivity (Wildman–Crippen MR) is 85.6 cm³/mol. The molecule has 0 bridgehead atoms. The summed E-state index contributed by atoms with van der Waals surface area (Å²) in [7, 11) is 0. The maximum atomic E-state index is 11.7. The van der Waals surface area contributed by atoms with E-state index in [9.17, 15) is 4.79 Å². The Morgan fingerprint density at radius 3 is 2.71 bits per heavy atom. The molecule has 1 aromatic rings. The summed E-state index contributed by atoms with van der Waals surface area (Å²) in [6.45, 7) is 6.27. The first-order valence-corrected chi connectivity index (χ1v) is 7.37. The molecule has 0 spiro atoms. The molecule has 6 heteroatoms. The van der Waals surface area contributed by atoms with Gasteiger partial charge in [0.1, 0.15) is 0 Å². The number of halogens is 1. The number of nitrogens with one attached hydrogen (secondary N) is 1. The molecular formula is C15H23ClN2O3. The second-order valence-corrected chi connectivity index (χ2v) is 5.55. The van der Waals surface area contributed by atoms with Crippen molar-refractivity contribution in [3.8, 4) is 0 Å². The normalized spacial score (nSPS) is 10.9. The van der Waals surface area contributed by atoms with Crippen molar-refractivity contribution in [1.29, 1.82) is 0 Å². The standard InChI is InChI=1S/C15H23ClN2O3/c1-11(2)10-21-8-7-20-6-5-15(19)18-14-9-12(16)3-4-13(14)17/h3-4,9,11H,5-8,10,17H2,1-2H3,(H,18,19). The summed E-state index contributed by atoms with van der Waals surface area (Å²) in [6.07, 6.45) is 0.260. The number of nitrogen functional groups attached to an aromatic ring is 1. The van der Waals surface area contributed by atoms with Gasteiger partial charge in [-0.15, -0.1) is 0 Å². The second kappa shape index (κ2) is 9.60. The van der Waals surface area contributed by atoms with E-state index in [1.54, 1.807) is 18.2 Å². The van der Waals surface area contributed by atoms with Gasteiger partial charge in [0, 0.05) is 11.6 Å². The van der Waals surface area contributed by atoms with E-state index in [0.29, 0.717) is 42.1 Å². The van der Waals surface area contributed by atoms with Crippen LogP contribution in [0, 0.1) is 5.92 Å². The molecule has 1 amide bonds. The lowest BCUT2D eigenvalue weighted by molar-refractivity contribution is -0.117. The number of hydrogen-bond donors (Lipinski definition) is 2. The Morgan fingerprint density at radius 2 is 2.00 bits per heavy atom. The van der Waals surface area contributed by atoms with Gasteiger partial charge in [-0.05, 0) is 24.1 Å². The van der Waals surface area contributed by atoms with Gasteiger partial charge >= 0.3 is 0 Å². The lowest BCUT2D eigenvalue weighted by atomic mass is 10.2. The Morgan fingerprint density at radius 1 is 1.29 bits per heavy atom. The van der Waals surface area contributed by atoms with Crippen LogP contribution in [0.4, 0.5) is 11.4 Å². The summed E-state index contributed by atoms with van der Waals surface area (Å²) in [4.78, 5) is 11.7. The molecule has 0 aliphatic rings. The van der Waals surface area contributed by atoms with Crippen molar-refractivity contribution >= 4 is 28.9 Å². The molecule has 0 atom stereocenters. The molecule has 0 fully saturated rings. The van der Waals surface area contributed by atoms with E-state index in [4.69, 9.17) is 26.8 Å². The second-order valence-electron chi connectivity index (χ2n) is 5.11. The van der Waals surface area contributed by atoms with Crippen molar-refractivity contribution in [3.05, 3.63) is 23.2 Å². The van der Waals surface area contributed by atoms with Gasteiger partial charge in [-0.1, -0.05) is 25.4 Å². The highest BCUT2D eigenvalue weighted by Gasteiger charge is 2.06. The number of rotatable bonds is 9. The zero-order valence-corrected chi connectivity index (χ0v) is 13.3. The molecule has 21 heavy (non-hydrogen) atoms. The summed E-state index contributed by atoms with van der Waals surface area (Å²) >= 11 is 5.85. The largest absolute Gasteiger partial charge is 0.397 e. The van der Waals surface area contributed by atoms with Crippen molar-refractivity contribution in [2.24, 2.45) is 5.92 Å². The topological polar surface area (TPSA) is 73.6 Å². The van der Waals surface area contributed by atoms with Crippen LogP contribution in [0.25, 0.3) is 0 Å². The fourth-order valence-electron chi connectivity index (χ4n) is 1.55. The summed E-state index contributed by atoms with van der Waals surface area (Å²) < 4.78 is 10.7. The average Bonchev–Trinajstić information content (AvgIpc) is 2.41. The molecule has 0 saturated carbocycles. The molecule has 0 radical (unpaired) electrons. The molecule has 0 heterocycles. The van der Waals surface area contributed by atoms with E-state index in [2.05, 4.69) is 19.2 Å². The Kier molecular flexibility index (Phi) is 8.12. The molecule has 3 N–H and O–H groups in total. The third-order valence-corrected chi connectivity index (χ3v) is 2.82. The fraction of sp³-hybridized carbons (Fsp3) is 0.533. The number of ether oxygens (including phenoxy) is 2. The van der Waals surface area contributed by atoms with Crippen LogP contribution < -0.4 is 11.1 Å². The summed E-state index contributed by atoms with van der Waals surface area (Å²) in [6, 6.07) is 4.95. The van der Waals surface area contributed by atoms with Crippen molar-refractivity contribution < 1.29 is 14.3 Å². The van der Waals surface area contributed by atoms with Crippen LogP contribution in [0.2, 0.25) is 5.02 Å². The van der Waals surface area contributed by atoms with Crippen molar-refractivity contribution in [1.82, 2.24) is 0 Å². The molecule has 0 saturated heterocycles. The number of benzene rings is 1. The Bertz CT molecular complexity index is 453. The lowest BCUT2D eigenvalue weighted by Crippen LogP contribution is -2.16. The third kappa shape index (κ3) is 7.90. The van der Waals surface area contributed by atoms with E-state index < -0.39 is 0 Å². The SMILES string of the molecule is CC(C)COCCOCCC(=O)Nc1cc(Cl)ccc1N. The molecule has 0 aliphatic heterocycles. The maximum Gasteiger partial charge on any atom is 0.226 e. The first-order valence-electron chi connectivity index (χ1n) is 6.99. The Balaban J connectivity index is 2.15.